The summed E-state index contributed by atoms with van der Waals surface area (Å²) in [5, 5.41) is 6.94. The molecule has 6 heteroatoms. The Bertz CT molecular complexity index is 989. The van der Waals surface area contributed by atoms with Crippen LogP contribution in [-0.2, 0) is 19.8 Å². The van der Waals surface area contributed by atoms with Gasteiger partial charge in [-0.2, -0.15) is 5.10 Å². The fourth-order valence-corrected chi connectivity index (χ4v) is 3.37. The van der Waals surface area contributed by atoms with Gasteiger partial charge in [0, 0.05) is 13.1 Å². The number of aryl methyl sites for hydroxylation is 1. The van der Waals surface area contributed by atoms with E-state index in [0.29, 0.717) is 13.2 Å². The van der Waals surface area contributed by atoms with Crippen LogP contribution in [0.15, 0.2) is 49.1 Å². The van der Waals surface area contributed by atoms with Gasteiger partial charge in [0.2, 0.25) is 0 Å². The second-order valence-corrected chi connectivity index (χ2v) is 6.80. The highest BCUT2D eigenvalue weighted by molar-refractivity contribution is 7.71. The Morgan fingerprint density at radius 1 is 1.23 bits per heavy atom. The number of benzene rings is 2. The third kappa shape index (κ3) is 3.86. The molecule has 5 nitrogen and oxygen atoms in total. The topological polar surface area (TPSA) is 35.2 Å². The Labute approximate surface area is 159 Å². The Morgan fingerprint density at radius 3 is 2.69 bits per heavy atom. The van der Waals surface area contributed by atoms with Crippen molar-refractivity contribution >= 4 is 23.0 Å². The van der Waals surface area contributed by atoms with Crippen molar-refractivity contribution < 1.29 is 4.74 Å². The van der Waals surface area contributed by atoms with Gasteiger partial charge in [-0.15, -0.1) is 6.58 Å². The van der Waals surface area contributed by atoms with Crippen LogP contribution in [-0.4, -0.2) is 33.4 Å². The lowest BCUT2D eigenvalue weighted by molar-refractivity contribution is 0.243. The zero-order chi connectivity index (χ0) is 18.7. The van der Waals surface area contributed by atoms with E-state index in [-0.39, 0.29) is 0 Å². The molecule has 1 aromatic heterocycles. The lowest BCUT2D eigenvalue weighted by Crippen LogP contribution is -2.22. The second-order valence-electron chi connectivity index (χ2n) is 6.43. The van der Waals surface area contributed by atoms with Crippen LogP contribution in [0.4, 0.5) is 0 Å². The van der Waals surface area contributed by atoms with Gasteiger partial charge in [0.05, 0.1) is 13.8 Å². The molecular formula is C20H24N4OS. The van der Waals surface area contributed by atoms with Gasteiger partial charge in [0.15, 0.2) is 4.77 Å². The van der Waals surface area contributed by atoms with Crippen molar-refractivity contribution in [1.29, 1.82) is 0 Å². The quantitative estimate of drug-likeness (QED) is 0.463. The van der Waals surface area contributed by atoms with Gasteiger partial charge < -0.3 is 9.30 Å². The van der Waals surface area contributed by atoms with E-state index >= 15 is 0 Å². The molecule has 3 rings (SSSR count). The number of allylic oxidation sites excluding steroid dienone is 1. The van der Waals surface area contributed by atoms with E-state index in [1.807, 2.05) is 28.3 Å². The predicted octanol–water partition coefficient (Wildman–Crippen LogP) is 4.16. The van der Waals surface area contributed by atoms with Crippen LogP contribution < -0.4 is 4.74 Å². The zero-order valence-corrected chi connectivity index (χ0v) is 16.3. The highest BCUT2D eigenvalue weighted by Gasteiger charge is 2.09. The van der Waals surface area contributed by atoms with Crippen LogP contribution in [0.3, 0.4) is 0 Å². The molecule has 136 valence electrons. The number of ether oxygens (including phenoxy) is 1. The number of hydrogen-bond acceptors (Lipinski definition) is 4. The summed E-state index contributed by atoms with van der Waals surface area (Å²) in [4.78, 5) is 2.20. The number of nitrogens with zero attached hydrogens (tertiary/aromatic N) is 4. The highest BCUT2D eigenvalue weighted by atomic mass is 32.1. The highest BCUT2D eigenvalue weighted by Crippen LogP contribution is 2.22. The van der Waals surface area contributed by atoms with Gasteiger partial charge in [-0.3, -0.25) is 4.90 Å². The predicted molar refractivity (Wildman–Crippen MR) is 108 cm³/mol. The number of aromatic nitrogens is 3. The van der Waals surface area contributed by atoms with Crippen molar-refractivity contribution in [1.82, 2.24) is 19.2 Å². The first-order chi connectivity index (χ1) is 12.5. The van der Waals surface area contributed by atoms with E-state index in [2.05, 4.69) is 54.0 Å². The first-order valence-electron chi connectivity index (χ1n) is 8.52. The summed E-state index contributed by atoms with van der Waals surface area (Å²) in [6.07, 6.45) is 1.84. The number of hydrogen-bond donors (Lipinski definition) is 0. The maximum Gasteiger partial charge on any atom is 0.199 e. The molecule has 0 aliphatic carbocycles. The van der Waals surface area contributed by atoms with Crippen LogP contribution in [0.1, 0.15) is 11.4 Å². The maximum absolute atomic E-state index is 5.53. The normalized spacial score (nSPS) is 11.2. The molecule has 26 heavy (non-hydrogen) atoms. The first-order valence-corrected chi connectivity index (χ1v) is 8.93. The first kappa shape index (κ1) is 18.4. The van der Waals surface area contributed by atoms with Gasteiger partial charge in [-0.05, 0) is 60.7 Å². The Balaban J connectivity index is 1.75. The summed E-state index contributed by atoms with van der Waals surface area (Å²) >= 11 is 5.53. The van der Waals surface area contributed by atoms with E-state index < -0.39 is 0 Å². The van der Waals surface area contributed by atoms with Gasteiger partial charge >= 0.3 is 0 Å². The molecule has 0 saturated carbocycles. The van der Waals surface area contributed by atoms with E-state index in [9.17, 15) is 0 Å². The molecule has 0 bridgehead atoms. The standard InChI is InChI=1S/C20H24N4OS/c1-5-10-23-15(2)21-24(20(23)26)14-22(3)13-16-6-7-18-12-19(25-4)9-8-17(18)11-16/h5-9,11-12H,1,10,13-14H2,2-4H3. The van der Waals surface area contributed by atoms with Crippen LogP contribution in [0.5, 0.6) is 5.75 Å². The van der Waals surface area contributed by atoms with Gasteiger partial charge in [-0.1, -0.05) is 24.3 Å². The molecule has 0 aliphatic heterocycles. The summed E-state index contributed by atoms with van der Waals surface area (Å²) < 4.78 is 9.86. The molecular weight excluding hydrogens is 344 g/mol. The maximum atomic E-state index is 5.53. The summed E-state index contributed by atoms with van der Waals surface area (Å²) in [7, 11) is 3.76. The van der Waals surface area contributed by atoms with E-state index in [0.717, 1.165) is 22.9 Å². The molecule has 0 atom stereocenters. The minimum absolute atomic E-state index is 0.643. The Kier molecular flexibility index (Phi) is 5.54. The number of methoxy groups -OCH3 is 1. The van der Waals surface area contributed by atoms with Crippen LogP contribution in [0, 0.1) is 11.7 Å². The fourth-order valence-electron chi connectivity index (χ4n) is 3.07. The average Bonchev–Trinajstić information content (AvgIpc) is 2.89. The van der Waals surface area contributed by atoms with Crippen molar-refractivity contribution in [2.24, 2.45) is 0 Å². The minimum Gasteiger partial charge on any atom is -0.497 e. The van der Waals surface area contributed by atoms with Crippen molar-refractivity contribution in [2.45, 2.75) is 26.7 Å². The summed E-state index contributed by atoms with van der Waals surface area (Å²) in [6, 6.07) is 12.6. The Hall–Kier alpha value is -2.44. The summed E-state index contributed by atoms with van der Waals surface area (Å²) in [5.74, 6) is 1.78. The molecule has 2 aromatic carbocycles. The smallest absolute Gasteiger partial charge is 0.199 e. The molecule has 0 fully saturated rings. The van der Waals surface area contributed by atoms with Crippen LogP contribution in [0.25, 0.3) is 10.8 Å². The fraction of sp³-hybridized carbons (Fsp3) is 0.300. The van der Waals surface area contributed by atoms with Crippen LogP contribution in [0.2, 0.25) is 0 Å². The minimum atomic E-state index is 0.643. The third-order valence-corrected chi connectivity index (χ3v) is 4.79. The molecule has 0 unspecified atom stereocenters. The van der Waals surface area contributed by atoms with E-state index in [1.165, 1.54) is 16.3 Å². The van der Waals surface area contributed by atoms with E-state index in [4.69, 9.17) is 17.0 Å². The SMILES string of the molecule is C=CCn1c(C)nn(CN(C)Cc2ccc3cc(OC)ccc3c2)c1=S. The summed E-state index contributed by atoms with van der Waals surface area (Å²) in [5.41, 5.74) is 1.25. The number of fused-ring (bicyclic) bond motifs is 1. The molecule has 0 spiro atoms. The van der Waals surface area contributed by atoms with Crippen molar-refractivity contribution in [2.75, 3.05) is 14.2 Å². The molecule has 0 N–H and O–H groups in total. The van der Waals surface area contributed by atoms with Crippen molar-refractivity contribution in [3.05, 3.63) is 65.2 Å². The summed E-state index contributed by atoms with van der Waals surface area (Å²) in [6.45, 7) is 7.89. The molecule has 3 aromatic rings. The molecule has 1 heterocycles. The van der Waals surface area contributed by atoms with Gasteiger partial charge in [0.1, 0.15) is 11.6 Å². The van der Waals surface area contributed by atoms with Gasteiger partial charge in [-0.25, -0.2) is 4.68 Å². The third-order valence-electron chi connectivity index (χ3n) is 4.36. The Morgan fingerprint density at radius 2 is 1.96 bits per heavy atom. The molecule has 0 aliphatic rings. The van der Waals surface area contributed by atoms with Crippen molar-refractivity contribution in [3.63, 3.8) is 0 Å². The van der Waals surface area contributed by atoms with Gasteiger partial charge in [0.25, 0.3) is 0 Å². The average molecular weight is 369 g/mol. The second kappa shape index (κ2) is 7.85. The lowest BCUT2D eigenvalue weighted by atomic mass is 10.1. The van der Waals surface area contributed by atoms with Crippen molar-refractivity contribution in [3.8, 4) is 5.75 Å². The zero-order valence-electron chi connectivity index (χ0n) is 15.5. The lowest BCUT2D eigenvalue weighted by Gasteiger charge is -2.17. The molecule has 0 amide bonds. The number of rotatable bonds is 7. The monoisotopic (exact) mass is 368 g/mol. The largest absolute Gasteiger partial charge is 0.497 e. The molecule has 0 radical (unpaired) electrons. The van der Waals surface area contributed by atoms with Crippen LogP contribution >= 0.6 is 12.2 Å². The van der Waals surface area contributed by atoms with E-state index in [1.54, 1.807) is 7.11 Å². The molecule has 0 saturated heterocycles.